The van der Waals surface area contributed by atoms with E-state index < -0.39 is 10.2 Å². The molecule has 2 rings (SSSR count). The van der Waals surface area contributed by atoms with E-state index in [4.69, 9.17) is 0 Å². The van der Waals surface area contributed by atoms with E-state index in [-0.39, 0.29) is 17.4 Å². The van der Waals surface area contributed by atoms with Crippen molar-refractivity contribution in [3.8, 4) is 0 Å². The zero-order chi connectivity index (χ0) is 17.4. The molecule has 1 amide bonds. The van der Waals surface area contributed by atoms with Crippen LogP contribution in [0.4, 0.5) is 0 Å². The van der Waals surface area contributed by atoms with Gasteiger partial charge in [0, 0.05) is 41.3 Å². The molecule has 0 N–H and O–H groups in total. The van der Waals surface area contributed by atoms with Crippen molar-refractivity contribution in [2.24, 2.45) is 5.41 Å². The fourth-order valence-corrected chi connectivity index (χ4v) is 5.13. The van der Waals surface area contributed by atoms with Crippen molar-refractivity contribution >= 4 is 16.1 Å². The highest BCUT2D eigenvalue weighted by Gasteiger charge is 2.50. The first kappa shape index (κ1) is 18.6. The molecule has 7 nitrogen and oxygen atoms in total. The molecule has 0 aromatic carbocycles. The Bertz CT molecular complexity index is 539. The molecule has 0 aliphatic carbocycles. The maximum atomic E-state index is 12.7. The smallest absolute Gasteiger partial charge is 0.281 e. The van der Waals surface area contributed by atoms with Crippen molar-refractivity contribution < 1.29 is 13.2 Å². The molecule has 134 valence electrons. The Morgan fingerprint density at radius 1 is 1.04 bits per heavy atom. The molecular weight excluding hydrogens is 316 g/mol. The quantitative estimate of drug-likeness (QED) is 0.725. The predicted octanol–water partition coefficient (Wildman–Crippen LogP) is 0.0574. The third-order valence-corrected chi connectivity index (χ3v) is 7.33. The lowest BCUT2D eigenvalue weighted by atomic mass is 9.67. The van der Waals surface area contributed by atoms with Crippen LogP contribution in [0.1, 0.15) is 25.7 Å². The second-order valence-corrected chi connectivity index (χ2v) is 9.41. The van der Waals surface area contributed by atoms with E-state index in [1.165, 1.54) is 4.31 Å². The van der Waals surface area contributed by atoms with Crippen molar-refractivity contribution in [3.63, 3.8) is 0 Å². The average Bonchev–Trinajstić information content (AvgIpc) is 2.47. The highest BCUT2D eigenvalue weighted by molar-refractivity contribution is 7.86. The lowest BCUT2D eigenvalue weighted by Gasteiger charge is -2.52. The number of carbonyl (C=O) groups excluding carboxylic acids is 1. The monoisotopic (exact) mass is 346 g/mol. The molecule has 0 bridgehead atoms. The molecule has 1 spiro atoms. The number of amides is 1. The molecule has 0 aromatic rings. The summed E-state index contributed by atoms with van der Waals surface area (Å²) in [6.07, 6.45) is 3.55. The first-order valence-corrected chi connectivity index (χ1v) is 9.60. The van der Waals surface area contributed by atoms with Crippen molar-refractivity contribution in [3.05, 3.63) is 0 Å². The number of carbonyl (C=O) groups is 1. The Hall–Kier alpha value is -0.700. The van der Waals surface area contributed by atoms with Gasteiger partial charge in [-0.05, 0) is 44.7 Å². The van der Waals surface area contributed by atoms with Gasteiger partial charge < -0.3 is 4.90 Å². The van der Waals surface area contributed by atoms with Crippen LogP contribution >= 0.6 is 0 Å². The van der Waals surface area contributed by atoms with E-state index in [9.17, 15) is 13.2 Å². The van der Waals surface area contributed by atoms with Crippen molar-refractivity contribution in [2.75, 3.05) is 54.9 Å². The summed E-state index contributed by atoms with van der Waals surface area (Å²) in [5, 5.41) is 0. The molecule has 2 fully saturated rings. The number of nitrogens with zero attached hydrogens (tertiary/aromatic N) is 4. The summed E-state index contributed by atoms with van der Waals surface area (Å²) in [4.78, 5) is 16.5. The minimum absolute atomic E-state index is 0.104. The van der Waals surface area contributed by atoms with Crippen LogP contribution in [0.15, 0.2) is 0 Å². The summed E-state index contributed by atoms with van der Waals surface area (Å²) in [5.41, 5.74) is -0.104. The zero-order valence-electron chi connectivity index (χ0n) is 14.9. The molecule has 0 radical (unpaired) electrons. The SMILES string of the molecule is CN(C)C(=O)C1N(C)CCCC12CCN(S(=O)(=O)N(C)C)CC2. The average molecular weight is 346 g/mol. The van der Waals surface area contributed by atoms with Gasteiger partial charge in [0.1, 0.15) is 0 Å². The highest BCUT2D eigenvalue weighted by atomic mass is 32.2. The summed E-state index contributed by atoms with van der Waals surface area (Å²) < 4.78 is 27.4. The van der Waals surface area contributed by atoms with Crippen LogP contribution in [0.2, 0.25) is 0 Å². The summed E-state index contributed by atoms with van der Waals surface area (Å²) in [7, 11) is 5.36. The number of piperidine rings is 2. The number of hydrogen-bond acceptors (Lipinski definition) is 4. The number of likely N-dealkylation sites (N-methyl/N-ethyl adjacent to an activating group) is 2. The maximum Gasteiger partial charge on any atom is 0.281 e. The van der Waals surface area contributed by atoms with Crippen LogP contribution in [-0.4, -0.2) is 93.6 Å². The topological polar surface area (TPSA) is 64.2 Å². The summed E-state index contributed by atoms with van der Waals surface area (Å²) in [5.74, 6) is 0.135. The number of likely N-dealkylation sites (tertiary alicyclic amines) is 1. The van der Waals surface area contributed by atoms with Gasteiger partial charge in [0.25, 0.3) is 10.2 Å². The van der Waals surface area contributed by atoms with Gasteiger partial charge in [-0.3, -0.25) is 9.69 Å². The fourth-order valence-electron chi connectivity index (χ4n) is 4.03. The van der Waals surface area contributed by atoms with Gasteiger partial charge in [-0.15, -0.1) is 0 Å². The zero-order valence-corrected chi connectivity index (χ0v) is 15.8. The Labute approximate surface area is 140 Å². The van der Waals surface area contributed by atoms with Crippen LogP contribution in [0.3, 0.4) is 0 Å². The highest BCUT2D eigenvalue weighted by Crippen LogP contribution is 2.45. The molecule has 2 aliphatic rings. The third kappa shape index (κ3) is 3.40. The van der Waals surface area contributed by atoms with Gasteiger partial charge in [-0.25, -0.2) is 0 Å². The van der Waals surface area contributed by atoms with E-state index in [2.05, 4.69) is 4.90 Å². The van der Waals surface area contributed by atoms with Crippen LogP contribution in [-0.2, 0) is 15.0 Å². The molecular formula is C15H30N4O3S. The maximum absolute atomic E-state index is 12.7. The molecule has 1 unspecified atom stereocenters. The van der Waals surface area contributed by atoms with Crippen molar-refractivity contribution in [2.45, 2.75) is 31.7 Å². The minimum Gasteiger partial charge on any atom is -0.347 e. The molecule has 2 aliphatic heterocycles. The molecule has 0 saturated carbocycles. The molecule has 2 saturated heterocycles. The molecule has 23 heavy (non-hydrogen) atoms. The minimum atomic E-state index is -3.37. The second-order valence-electron chi connectivity index (χ2n) is 7.27. The van der Waals surface area contributed by atoms with Gasteiger partial charge in [-0.1, -0.05) is 0 Å². The largest absolute Gasteiger partial charge is 0.347 e. The predicted molar refractivity (Wildman–Crippen MR) is 90.2 cm³/mol. The number of hydrogen-bond donors (Lipinski definition) is 0. The first-order chi connectivity index (χ1) is 10.6. The molecule has 0 aromatic heterocycles. The summed E-state index contributed by atoms with van der Waals surface area (Å²) >= 11 is 0. The Kier molecular flexibility index (Phi) is 5.40. The van der Waals surface area contributed by atoms with Crippen LogP contribution in [0.25, 0.3) is 0 Å². The van der Waals surface area contributed by atoms with Crippen LogP contribution < -0.4 is 0 Å². The number of rotatable bonds is 3. The lowest BCUT2D eigenvalue weighted by Crippen LogP contribution is -2.61. The molecule has 8 heteroatoms. The summed E-state index contributed by atoms with van der Waals surface area (Å²) in [6, 6.07) is -0.143. The van der Waals surface area contributed by atoms with Gasteiger partial charge in [0.2, 0.25) is 5.91 Å². The second kappa shape index (κ2) is 6.66. The van der Waals surface area contributed by atoms with E-state index >= 15 is 0 Å². The van der Waals surface area contributed by atoms with Crippen LogP contribution in [0.5, 0.6) is 0 Å². The fraction of sp³-hybridized carbons (Fsp3) is 0.933. The summed E-state index contributed by atoms with van der Waals surface area (Å²) in [6.45, 7) is 1.91. The van der Waals surface area contributed by atoms with E-state index in [1.54, 1.807) is 37.4 Å². The first-order valence-electron chi connectivity index (χ1n) is 8.21. The van der Waals surface area contributed by atoms with E-state index in [1.807, 2.05) is 7.05 Å². The van der Waals surface area contributed by atoms with Crippen molar-refractivity contribution in [1.29, 1.82) is 0 Å². The molecule has 1 atom stereocenters. The standard InChI is InChI=1S/C15H30N4O3S/c1-16(2)14(20)13-15(7-6-10-18(13)5)8-11-19(12-9-15)23(21,22)17(3)4/h13H,6-12H2,1-5H3. The Morgan fingerprint density at radius 3 is 2.09 bits per heavy atom. The normalized spacial score (nSPS) is 26.6. The van der Waals surface area contributed by atoms with Crippen molar-refractivity contribution in [1.82, 2.24) is 18.4 Å². The van der Waals surface area contributed by atoms with Crippen LogP contribution in [0, 0.1) is 5.41 Å². The lowest BCUT2D eigenvalue weighted by molar-refractivity contribution is -0.143. The Balaban J connectivity index is 2.20. The Morgan fingerprint density at radius 2 is 1.61 bits per heavy atom. The van der Waals surface area contributed by atoms with Gasteiger partial charge in [-0.2, -0.15) is 17.0 Å². The van der Waals surface area contributed by atoms with E-state index in [0.717, 1.165) is 32.2 Å². The third-order valence-electron chi connectivity index (χ3n) is 5.39. The van der Waals surface area contributed by atoms with Gasteiger partial charge in [0.05, 0.1) is 6.04 Å². The van der Waals surface area contributed by atoms with Gasteiger partial charge >= 0.3 is 0 Å². The van der Waals surface area contributed by atoms with Gasteiger partial charge in [0.15, 0.2) is 0 Å². The molecule has 2 heterocycles. The van der Waals surface area contributed by atoms with E-state index in [0.29, 0.717) is 13.1 Å².